The fourth-order valence-electron chi connectivity index (χ4n) is 0.989. The summed E-state index contributed by atoms with van der Waals surface area (Å²) in [7, 11) is 4.97. The van der Waals surface area contributed by atoms with Gasteiger partial charge in [-0.1, -0.05) is 0 Å². The Morgan fingerprint density at radius 3 is 2.23 bits per heavy atom. The highest BCUT2D eigenvalue weighted by Crippen LogP contribution is 2.04. The van der Waals surface area contributed by atoms with E-state index < -0.39 is 5.54 Å². The molecule has 0 saturated carbocycles. The van der Waals surface area contributed by atoms with Gasteiger partial charge in [0.05, 0.1) is 0 Å². The topological polar surface area (TPSA) is 70.7 Å². The number of carbonyl (C=O) groups is 1. The summed E-state index contributed by atoms with van der Waals surface area (Å²) in [5.41, 5.74) is 4.75. The van der Waals surface area contributed by atoms with Gasteiger partial charge in [0.2, 0.25) is 5.91 Å². The predicted molar refractivity (Wildman–Crippen MR) is 53.5 cm³/mol. The monoisotopic (exact) mass is 186 g/mol. The van der Waals surface area contributed by atoms with Crippen LogP contribution < -0.4 is 11.1 Å². The van der Waals surface area contributed by atoms with E-state index in [2.05, 4.69) is 10.3 Å². The predicted octanol–water partition coefficient (Wildman–Crippen LogP) is -0.613. The molecule has 0 aliphatic rings. The molecule has 5 heteroatoms. The van der Waals surface area contributed by atoms with E-state index in [-0.39, 0.29) is 11.9 Å². The average Bonchev–Trinajstić information content (AvgIpc) is 2.01. The summed E-state index contributed by atoms with van der Waals surface area (Å²) < 4.78 is 0. The van der Waals surface area contributed by atoms with Gasteiger partial charge in [0.15, 0.2) is 5.96 Å². The molecule has 0 spiro atoms. The third kappa shape index (κ3) is 3.31. The van der Waals surface area contributed by atoms with Crippen LogP contribution in [0.15, 0.2) is 4.99 Å². The maximum Gasteiger partial charge on any atom is 0.247 e. The van der Waals surface area contributed by atoms with Crippen LogP contribution in [0.25, 0.3) is 0 Å². The first-order chi connectivity index (χ1) is 5.81. The number of hydrogen-bond donors (Lipinski definition) is 2. The van der Waals surface area contributed by atoms with E-state index in [0.29, 0.717) is 0 Å². The van der Waals surface area contributed by atoms with E-state index in [0.717, 1.165) is 0 Å². The number of nitrogens with one attached hydrogen (secondary N) is 1. The van der Waals surface area contributed by atoms with Crippen molar-refractivity contribution in [2.24, 2.45) is 10.7 Å². The number of guanidine groups is 1. The van der Waals surface area contributed by atoms with Gasteiger partial charge in [-0.05, 0) is 13.8 Å². The van der Waals surface area contributed by atoms with Crippen molar-refractivity contribution in [1.82, 2.24) is 10.2 Å². The van der Waals surface area contributed by atoms with Gasteiger partial charge in [0, 0.05) is 21.1 Å². The number of likely N-dealkylation sites (N-methyl/N-ethyl adjacent to an activating group) is 1. The Morgan fingerprint density at radius 1 is 1.46 bits per heavy atom. The molecule has 13 heavy (non-hydrogen) atoms. The second kappa shape index (κ2) is 4.11. The smallest absolute Gasteiger partial charge is 0.247 e. The summed E-state index contributed by atoms with van der Waals surface area (Å²) >= 11 is 0. The highest BCUT2D eigenvalue weighted by Gasteiger charge is 2.29. The van der Waals surface area contributed by atoms with Gasteiger partial charge in [-0.3, -0.25) is 9.79 Å². The van der Waals surface area contributed by atoms with Crippen LogP contribution in [0.1, 0.15) is 13.8 Å². The van der Waals surface area contributed by atoms with E-state index in [9.17, 15) is 4.79 Å². The first-order valence-corrected chi connectivity index (χ1v) is 4.03. The van der Waals surface area contributed by atoms with Gasteiger partial charge in [0.25, 0.3) is 0 Å². The molecule has 0 bridgehead atoms. The molecule has 1 amide bonds. The second-order valence-electron chi connectivity index (χ2n) is 3.56. The molecule has 76 valence electrons. The van der Waals surface area contributed by atoms with Gasteiger partial charge in [-0.25, -0.2) is 0 Å². The highest BCUT2D eigenvalue weighted by atomic mass is 16.2. The maximum atomic E-state index is 11.6. The third-order valence-electron chi connectivity index (χ3n) is 1.62. The summed E-state index contributed by atoms with van der Waals surface area (Å²) in [5, 5.41) is 2.82. The van der Waals surface area contributed by atoms with Crippen molar-refractivity contribution in [2.45, 2.75) is 19.4 Å². The van der Waals surface area contributed by atoms with Crippen LogP contribution in [-0.4, -0.2) is 43.4 Å². The number of nitrogens with two attached hydrogens (primary N) is 1. The van der Waals surface area contributed by atoms with E-state index in [1.165, 1.54) is 4.90 Å². The number of carbonyl (C=O) groups excluding carboxylic acids is 1. The van der Waals surface area contributed by atoms with Crippen LogP contribution in [0.4, 0.5) is 0 Å². The Labute approximate surface area is 79.0 Å². The Morgan fingerprint density at radius 2 is 1.92 bits per heavy atom. The first kappa shape index (κ1) is 11.7. The summed E-state index contributed by atoms with van der Waals surface area (Å²) in [4.78, 5) is 16.8. The molecule has 0 radical (unpaired) electrons. The zero-order valence-corrected chi connectivity index (χ0v) is 8.88. The lowest BCUT2D eigenvalue weighted by atomic mass is 10.0. The first-order valence-electron chi connectivity index (χ1n) is 4.03. The summed E-state index contributed by atoms with van der Waals surface area (Å²) in [5.74, 6) is 0.222. The van der Waals surface area contributed by atoms with Crippen LogP contribution in [0, 0.1) is 0 Å². The number of amides is 1. The van der Waals surface area contributed by atoms with Crippen molar-refractivity contribution in [3.8, 4) is 0 Å². The van der Waals surface area contributed by atoms with E-state index in [1.807, 2.05) is 0 Å². The van der Waals surface area contributed by atoms with Crippen molar-refractivity contribution in [2.75, 3.05) is 21.1 Å². The van der Waals surface area contributed by atoms with E-state index in [1.54, 1.807) is 35.0 Å². The molecule has 0 fully saturated rings. The Bertz CT molecular complexity index is 220. The standard InChI is InChI=1S/C8H18N4O/c1-8(2,6(13)12(4)5)11-7(9)10-3/h1-5H3,(H3,9,10,11). The van der Waals surface area contributed by atoms with Crippen molar-refractivity contribution in [3.05, 3.63) is 0 Å². The van der Waals surface area contributed by atoms with Crippen molar-refractivity contribution in [1.29, 1.82) is 0 Å². The minimum Gasteiger partial charge on any atom is -0.370 e. The lowest BCUT2D eigenvalue weighted by Crippen LogP contribution is -2.56. The van der Waals surface area contributed by atoms with Crippen LogP contribution >= 0.6 is 0 Å². The molecule has 3 N–H and O–H groups in total. The lowest BCUT2D eigenvalue weighted by molar-refractivity contribution is -0.133. The SMILES string of the molecule is CN=C(N)NC(C)(C)C(=O)N(C)C. The van der Waals surface area contributed by atoms with Crippen molar-refractivity contribution in [3.63, 3.8) is 0 Å². The van der Waals surface area contributed by atoms with E-state index in [4.69, 9.17) is 5.73 Å². The van der Waals surface area contributed by atoms with Crippen molar-refractivity contribution >= 4 is 11.9 Å². The molecule has 0 atom stereocenters. The Hall–Kier alpha value is -1.26. The zero-order chi connectivity index (χ0) is 10.6. The molecule has 0 aromatic rings. The molecule has 0 aliphatic carbocycles. The van der Waals surface area contributed by atoms with E-state index >= 15 is 0 Å². The molecule has 0 saturated heterocycles. The number of aliphatic imine (C=N–C) groups is 1. The lowest BCUT2D eigenvalue weighted by Gasteiger charge is -2.28. The molecule has 0 heterocycles. The molecule has 5 nitrogen and oxygen atoms in total. The number of hydrogen-bond acceptors (Lipinski definition) is 2. The number of nitrogens with zero attached hydrogens (tertiary/aromatic N) is 2. The Kier molecular flexibility index (Phi) is 3.71. The quantitative estimate of drug-likeness (QED) is 0.446. The fraction of sp³-hybridized carbons (Fsp3) is 0.750. The van der Waals surface area contributed by atoms with Crippen LogP contribution in [-0.2, 0) is 4.79 Å². The third-order valence-corrected chi connectivity index (χ3v) is 1.62. The molecule has 0 aliphatic heterocycles. The van der Waals surface area contributed by atoms with Gasteiger partial charge >= 0.3 is 0 Å². The molecule has 0 rings (SSSR count). The molecule has 0 aromatic heterocycles. The molecule has 0 aromatic carbocycles. The van der Waals surface area contributed by atoms with Gasteiger partial charge in [0.1, 0.15) is 5.54 Å². The Balaban J connectivity index is 4.48. The van der Waals surface area contributed by atoms with Crippen LogP contribution in [0.3, 0.4) is 0 Å². The van der Waals surface area contributed by atoms with Crippen LogP contribution in [0.2, 0.25) is 0 Å². The zero-order valence-electron chi connectivity index (χ0n) is 8.88. The highest BCUT2D eigenvalue weighted by molar-refractivity contribution is 5.90. The maximum absolute atomic E-state index is 11.6. The minimum absolute atomic E-state index is 0.0425. The molecular formula is C8H18N4O. The summed E-state index contributed by atoms with van der Waals surface area (Å²) in [6.07, 6.45) is 0. The van der Waals surface area contributed by atoms with Crippen LogP contribution in [0.5, 0.6) is 0 Å². The largest absolute Gasteiger partial charge is 0.370 e. The normalized spacial score (nSPS) is 12.5. The van der Waals surface area contributed by atoms with Gasteiger partial charge < -0.3 is 16.0 Å². The summed E-state index contributed by atoms with van der Waals surface area (Å²) in [6.45, 7) is 3.51. The molecular weight excluding hydrogens is 168 g/mol. The van der Waals surface area contributed by atoms with Gasteiger partial charge in [-0.15, -0.1) is 0 Å². The second-order valence-corrected chi connectivity index (χ2v) is 3.56. The minimum atomic E-state index is -0.715. The number of rotatable bonds is 2. The summed E-state index contributed by atoms with van der Waals surface area (Å²) in [6, 6.07) is 0. The molecule has 0 unspecified atom stereocenters. The average molecular weight is 186 g/mol. The fourth-order valence-corrected chi connectivity index (χ4v) is 0.989. The van der Waals surface area contributed by atoms with Gasteiger partial charge in [-0.2, -0.15) is 0 Å². The van der Waals surface area contributed by atoms with Crippen molar-refractivity contribution < 1.29 is 4.79 Å².